The number of hydrogen-bond acceptors (Lipinski definition) is 2. The normalized spacial score (nSPS) is 10.5. The molecule has 0 aliphatic carbocycles. The van der Waals surface area contributed by atoms with E-state index in [0.29, 0.717) is 16.5 Å². The van der Waals surface area contributed by atoms with Crippen molar-refractivity contribution in [3.05, 3.63) is 58.9 Å². The standard InChI is InChI=1S/C13H11ClFNS/c14-10-4-5-12(16)13(7-10)17-8-9-2-1-3-11(15)6-9/h1-7H,8,16H2. The Bertz CT molecular complexity index is 531. The van der Waals surface area contributed by atoms with Gasteiger partial charge in [-0.25, -0.2) is 4.39 Å². The van der Waals surface area contributed by atoms with Gasteiger partial charge in [0.05, 0.1) is 0 Å². The molecule has 1 nitrogen and oxygen atoms in total. The minimum absolute atomic E-state index is 0.220. The molecule has 0 amide bonds. The van der Waals surface area contributed by atoms with Gasteiger partial charge in [-0.2, -0.15) is 0 Å². The molecule has 0 atom stereocenters. The Balaban J connectivity index is 2.09. The smallest absolute Gasteiger partial charge is 0.123 e. The van der Waals surface area contributed by atoms with Crippen LogP contribution in [0.25, 0.3) is 0 Å². The maximum atomic E-state index is 13.0. The average molecular weight is 268 g/mol. The van der Waals surface area contributed by atoms with E-state index >= 15 is 0 Å². The first-order chi connectivity index (χ1) is 8.15. The lowest BCUT2D eigenvalue weighted by Gasteiger charge is -2.06. The zero-order valence-electron chi connectivity index (χ0n) is 8.99. The Morgan fingerprint density at radius 2 is 2.00 bits per heavy atom. The summed E-state index contributed by atoms with van der Waals surface area (Å²) in [4.78, 5) is 0.918. The molecular formula is C13H11ClFNS. The molecular weight excluding hydrogens is 257 g/mol. The SMILES string of the molecule is Nc1ccc(Cl)cc1SCc1cccc(F)c1. The lowest BCUT2D eigenvalue weighted by Crippen LogP contribution is -1.89. The molecule has 2 aromatic rings. The first-order valence-corrected chi connectivity index (χ1v) is 6.44. The van der Waals surface area contributed by atoms with Gasteiger partial charge < -0.3 is 5.73 Å². The van der Waals surface area contributed by atoms with Crippen molar-refractivity contribution in [2.24, 2.45) is 0 Å². The first kappa shape index (κ1) is 12.3. The number of thioether (sulfide) groups is 1. The van der Waals surface area contributed by atoms with E-state index in [0.717, 1.165) is 10.5 Å². The van der Waals surface area contributed by atoms with Crippen LogP contribution in [0.5, 0.6) is 0 Å². The van der Waals surface area contributed by atoms with Crippen LogP contribution in [0.1, 0.15) is 5.56 Å². The van der Waals surface area contributed by atoms with Crippen molar-refractivity contribution in [2.45, 2.75) is 10.6 Å². The van der Waals surface area contributed by atoms with Gasteiger partial charge in [-0.05, 0) is 35.9 Å². The molecule has 0 spiro atoms. The summed E-state index contributed by atoms with van der Waals surface area (Å²) < 4.78 is 13.0. The van der Waals surface area contributed by atoms with Crippen LogP contribution in [0, 0.1) is 5.82 Å². The molecule has 0 saturated carbocycles. The molecule has 0 bridgehead atoms. The molecule has 17 heavy (non-hydrogen) atoms. The molecule has 88 valence electrons. The molecule has 2 N–H and O–H groups in total. The highest BCUT2D eigenvalue weighted by Crippen LogP contribution is 2.30. The number of nitrogen functional groups attached to an aromatic ring is 1. The van der Waals surface area contributed by atoms with Crippen LogP contribution in [-0.4, -0.2) is 0 Å². The summed E-state index contributed by atoms with van der Waals surface area (Å²) in [7, 11) is 0. The highest BCUT2D eigenvalue weighted by atomic mass is 35.5. The van der Waals surface area contributed by atoms with Crippen molar-refractivity contribution >= 4 is 29.1 Å². The van der Waals surface area contributed by atoms with E-state index in [1.165, 1.54) is 12.1 Å². The number of rotatable bonds is 3. The summed E-state index contributed by atoms with van der Waals surface area (Å²) in [5.41, 5.74) is 7.45. The maximum Gasteiger partial charge on any atom is 0.123 e. The van der Waals surface area contributed by atoms with Gasteiger partial charge in [0, 0.05) is 21.4 Å². The van der Waals surface area contributed by atoms with E-state index in [9.17, 15) is 4.39 Å². The summed E-state index contributed by atoms with van der Waals surface area (Å²) in [6, 6.07) is 11.9. The van der Waals surface area contributed by atoms with Crippen LogP contribution in [-0.2, 0) is 5.75 Å². The lowest BCUT2D eigenvalue weighted by molar-refractivity contribution is 0.626. The average Bonchev–Trinajstić information content (AvgIpc) is 2.30. The summed E-state index contributed by atoms with van der Waals surface area (Å²) in [6.45, 7) is 0. The Morgan fingerprint density at radius 3 is 2.76 bits per heavy atom. The van der Waals surface area contributed by atoms with Crippen molar-refractivity contribution in [3.63, 3.8) is 0 Å². The summed E-state index contributed by atoms with van der Waals surface area (Å²) in [5, 5.41) is 0.654. The minimum atomic E-state index is -0.220. The molecule has 2 aromatic carbocycles. The van der Waals surface area contributed by atoms with Crippen LogP contribution in [0.3, 0.4) is 0 Å². The highest BCUT2D eigenvalue weighted by molar-refractivity contribution is 7.98. The topological polar surface area (TPSA) is 26.0 Å². The second-order valence-corrected chi connectivity index (χ2v) is 5.05. The van der Waals surface area contributed by atoms with E-state index in [-0.39, 0.29) is 5.82 Å². The second-order valence-electron chi connectivity index (χ2n) is 3.60. The molecule has 0 saturated heterocycles. The molecule has 0 aromatic heterocycles. The predicted octanol–water partition coefficient (Wildman–Crippen LogP) is 4.35. The molecule has 0 unspecified atom stereocenters. The Hall–Kier alpha value is -1.19. The fourth-order valence-corrected chi connectivity index (χ4v) is 2.60. The van der Waals surface area contributed by atoms with Crippen LogP contribution in [0.15, 0.2) is 47.4 Å². The van der Waals surface area contributed by atoms with Gasteiger partial charge >= 0.3 is 0 Å². The highest BCUT2D eigenvalue weighted by Gasteiger charge is 2.02. The second kappa shape index (κ2) is 5.43. The fraction of sp³-hybridized carbons (Fsp3) is 0.0769. The zero-order valence-corrected chi connectivity index (χ0v) is 10.6. The molecule has 0 heterocycles. The number of nitrogens with two attached hydrogens (primary N) is 1. The van der Waals surface area contributed by atoms with Crippen LogP contribution >= 0.6 is 23.4 Å². The van der Waals surface area contributed by atoms with Crippen LogP contribution in [0.4, 0.5) is 10.1 Å². The van der Waals surface area contributed by atoms with Crippen molar-refractivity contribution in [1.29, 1.82) is 0 Å². The van der Waals surface area contributed by atoms with Crippen molar-refractivity contribution < 1.29 is 4.39 Å². The van der Waals surface area contributed by atoms with Crippen LogP contribution in [0.2, 0.25) is 5.02 Å². The van der Waals surface area contributed by atoms with Gasteiger partial charge in [-0.3, -0.25) is 0 Å². The first-order valence-electron chi connectivity index (χ1n) is 5.07. The van der Waals surface area contributed by atoms with E-state index in [2.05, 4.69) is 0 Å². The van der Waals surface area contributed by atoms with Gasteiger partial charge in [0.2, 0.25) is 0 Å². The zero-order chi connectivity index (χ0) is 12.3. The van der Waals surface area contributed by atoms with Crippen molar-refractivity contribution in [1.82, 2.24) is 0 Å². The van der Waals surface area contributed by atoms with Gasteiger partial charge in [0.25, 0.3) is 0 Å². The Morgan fingerprint density at radius 1 is 1.18 bits per heavy atom. The van der Waals surface area contributed by atoms with E-state index in [4.69, 9.17) is 17.3 Å². The van der Waals surface area contributed by atoms with Gasteiger partial charge in [0.1, 0.15) is 5.82 Å². The third-order valence-corrected chi connectivity index (χ3v) is 3.64. The monoisotopic (exact) mass is 267 g/mol. The molecule has 0 radical (unpaired) electrons. The molecule has 2 rings (SSSR count). The quantitative estimate of drug-likeness (QED) is 0.661. The number of anilines is 1. The van der Waals surface area contributed by atoms with E-state index in [1.807, 2.05) is 12.1 Å². The number of hydrogen-bond donors (Lipinski definition) is 1. The lowest BCUT2D eigenvalue weighted by atomic mass is 10.2. The number of benzene rings is 2. The molecule has 0 aliphatic rings. The summed E-state index contributed by atoms with van der Waals surface area (Å²) >= 11 is 7.44. The van der Waals surface area contributed by atoms with Gasteiger partial charge in [-0.1, -0.05) is 23.7 Å². The van der Waals surface area contributed by atoms with Gasteiger partial charge in [-0.15, -0.1) is 11.8 Å². The van der Waals surface area contributed by atoms with Crippen molar-refractivity contribution in [2.75, 3.05) is 5.73 Å². The third kappa shape index (κ3) is 3.38. The van der Waals surface area contributed by atoms with Crippen LogP contribution < -0.4 is 5.73 Å². The molecule has 4 heteroatoms. The molecule has 0 fully saturated rings. The van der Waals surface area contributed by atoms with Gasteiger partial charge in [0.15, 0.2) is 0 Å². The largest absolute Gasteiger partial charge is 0.398 e. The van der Waals surface area contributed by atoms with E-state index < -0.39 is 0 Å². The third-order valence-electron chi connectivity index (χ3n) is 2.26. The Labute approximate surface area is 109 Å². The van der Waals surface area contributed by atoms with E-state index in [1.54, 1.807) is 30.0 Å². The summed E-state index contributed by atoms with van der Waals surface area (Å²) in [6.07, 6.45) is 0. The van der Waals surface area contributed by atoms with Crippen molar-refractivity contribution in [3.8, 4) is 0 Å². The maximum absolute atomic E-state index is 13.0. The molecule has 0 aliphatic heterocycles. The minimum Gasteiger partial charge on any atom is -0.398 e. The predicted molar refractivity (Wildman–Crippen MR) is 71.8 cm³/mol. The Kier molecular flexibility index (Phi) is 3.92. The number of halogens is 2. The fourth-order valence-electron chi connectivity index (χ4n) is 1.42. The summed E-state index contributed by atoms with van der Waals surface area (Å²) in [5.74, 6) is 0.449.